The van der Waals surface area contributed by atoms with Gasteiger partial charge in [-0.2, -0.15) is 0 Å². The van der Waals surface area contributed by atoms with E-state index in [0.717, 1.165) is 35.6 Å². The fourth-order valence-electron chi connectivity index (χ4n) is 3.83. The van der Waals surface area contributed by atoms with Gasteiger partial charge in [0.1, 0.15) is 5.57 Å². The summed E-state index contributed by atoms with van der Waals surface area (Å²) in [7, 11) is 0. The van der Waals surface area contributed by atoms with Gasteiger partial charge in [-0.3, -0.25) is 0 Å². The highest BCUT2D eigenvalue weighted by Crippen LogP contribution is 2.41. The number of hydrogen-bond acceptors (Lipinski definition) is 4. The number of nitrogens with zero attached hydrogens (tertiary/aromatic N) is 2. The molecule has 0 amide bonds. The Kier molecular flexibility index (Phi) is 4.67. The number of carbonyl (C=O) groups is 1. The molecule has 0 radical (unpaired) electrons. The number of carbonyl (C=O) groups excluding carboxylic acids is 1. The summed E-state index contributed by atoms with van der Waals surface area (Å²) in [6, 6.07) is 12.4. The van der Waals surface area contributed by atoms with Crippen LogP contribution in [0.5, 0.6) is 0 Å². The second-order valence-electron chi connectivity index (χ2n) is 7.78. The zero-order valence-electron chi connectivity index (χ0n) is 16.5. The van der Waals surface area contributed by atoms with Crippen molar-refractivity contribution in [2.75, 3.05) is 13.2 Å². The monoisotopic (exact) mass is 375 g/mol. The molecule has 4 rings (SSSR count). The van der Waals surface area contributed by atoms with Crippen LogP contribution in [0.25, 0.3) is 16.8 Å². The van der Waals surface area contributed by atoms with E-state index in [1.165, 1.54) is 5.56 Å². The van der Waals surface area contributed by atoms with Crippen LogP contribution in [0.3, 0.4) is 0 Å². The van der Waals surface area contributed by atoms with Crippen molar-refractivity contribution in [3.05, 3.63) is 71.8 Å². The van der Waals surface area contributed by atoms with Gasteiger partial charge in [-0.05, 0) is 24.1 Å². The van der Waals surface area contributed by atoms with Gasteiger partial charge in [0.05, 0.1) is 18.0 Å². The maximum Gasteiger partial charge on any atom is 0.341 e. The van der Waals surface area contributed by atoms with Crippen LogP contribution in [-0.4, -0.2) is 28.7 Å². The highest BCUT2D eigenvalue weighted by atomic mass is 16.5. The van der Waals surface area contributed by atoms with Gasteiger partial charge in [0.15, 0.2) is 0 Å². The summed E-state index contributed by atoms with van der Waals surface area (Å²) in [6.45, 7) is 8.02. The number of ether oxygens (including phenoxy) is 1. The van der Waals surface area contributed by atoms with Gasteiger partial charge in [-0.15, -0.1) is 0 Å². The Bertz CT molecular complexity index is 1000. The van der Waals surface area contributed by atoms with Gasteiger partial charge < -0.3 is 14.6 Å². The molecular weight excluding hydrogens is 350 g/mol. The number of fused-ring (bicyclic) bond motifs is 3. The number of rotatable bonds is 4. The lowest BCUT2D eigenvalue weighted by Gasteiger charge is -2.25. The minimum atomic E-state index is -0.339. The lowest BCUT2D eigenvalue weighted by atomic mass is 9.81. The van der Waals surface area contributed by atoms with Crippen molar-refractivity contribution in [2.24, 2.45) is 0 Å². The standard InChI is InChI=1S/C23H25N3O2/c1-4-28-22(27)17-12-24-15-23(2,3)20-18-14-26(11-10-19(18)25-21(17)20)13-16-8-6-5-7-9-16/h5-12,14,24H,4,13,15H2,1-3H3. The van der Waals surface area contributed by atoms with Crippen LogP contribution in [0.15, 0.2) is 55.0 Å². The first-order valence-electron chi connectivity index (χ1n) is 9.64. The van der Waals surface area contributed by atoms with Crippen molar-refractivity contribution in [1.29, 1.82) is 0 Å². The molecule has 0 spiro atoms. The van der Waals surface area contributed by atoms with Crippen molar-refractivity contribution in [3.8, 4) is 11.3 Å². The van der Waals surface area contributed by atoms with Crippen molar-refractivity contribution < 1.29 is 9.53 Å². The average molecular weight is 375 g/mol. The minimum Gasteiger partial charge on any atom is -0.462 e. The Morgan fingerprint density at radius 1 is 1.25 bits per heavy atom. The molecule has 3 aliphatic rings. The smallest absolute Gasteiger partial charge is 0.341 e. The van der Waals surface area contributed by atoms with E-state index >= 15 is 0 Å². The summed E-state index contributed by atoms with van der Waals surface area (Å²) in [6.07, 6.45) is 5.93. The molecule has 0 bridgehead atoms. The van der Waals surface area contributed by atoms with E-state index in [1.807, 2.05) is 25.3 Å². The molecule has 0 aliphatic carbocycles. The summed E-state index contributed by atoms with van der Waals surface area (Å²) in [4.78, 5) is 17.4. The third-order valence-corrected chi connectivity index (χ3v) is 5.16. The summed E-state index contributed by atoms with van der Waals surface area (Å²) >= 11 is 0. The summed E-state index contributed by atoms with van der Waals surface area (Å²) in [5.74, 6) is -0.339. The second kappa shape index (κ2) is 7.15. The topological polar surface area (TPSA) is 56.1 Å². The first-order valence-corrected chi connectivity index (χ1v) is 9.64. The molecule has 28 heavy (non-hydrogen) atoms. The van der Waals surface area contributed by atoms with Crippen LogP contribution < -0.4 is 5.32 Å². The third-order valence-electron chi connectivity index (χ3n) is 5.16. The SMILES string of the molecule is CCOC(=O)C1=CNCC(C)(C)c2c3cn(Cc4ccccc4)ccc-3nc21. The molecule has 5 heteroatoms. The molecular formula is C23H25N3O2. The normalized spacial score (nSPS) is 15.3. The Morgan fingerprint density at radius 2 is 2.04 bits per heavy atom. The lowest BCUT2D eigenvalue weighted by Crippen LogP contribution is -2.29. The summed E-state index contributed by atoms with van der Waals surface area (Å²) in [5.41, 5.74) is 5.35. The quantitative estimate of drug-likeness (QED) is 0.705. The molecule has 1 aromatic carbocycles. The summed E-state index contributed by atoms with van der Waals surface area (Å²) < 4.78 is 7.44. The van der Waals surface area contributed by atoms with Gasteiger partial charge in [0.2, 0.25) is 0 Å². The van der Waals surface area contributed by atoms with E-state index in [1.54, 1.807) is 6.20 Å². The molecule has 1 N–H and O–H groups in total. The Balaban J connectivity index is 1.83. The van der Waals surface area contributed by atoms with Crippen LogP contribution in [0.1, 0.15) is 37.6 Å². The molecule has 0 unspecified atom stereocenters. The maximum atomic E-state index is 12.5. The second-order valence-corrected chi connectivity index (χ2v) is 7.78. The fraction of sp³-hybridized carbons (Fsp3) is 0.304. The number of benzene rings is 1. The van der Waals surface area contributed by atoms with Crippen molar-refractivity contribution in [3.63, 3.8) is 0 Å². The van der Waals surface area contributed by atoms with Crippen molar-refractivity contribution >= 4 is 11.5 Å². The van der Waals surface area contributed by atoms with E-state index < -0.39 is 0 Å². The van der Waals surface area contributed by atoms with Gasteiger partial charge in [-0.25, -0.2) is 9.78 Å². The lowest BCUT2D eigenvalue weighted by molar-refractivity contribution is -0.136. The number of pyridine rings is 1. The molecule has 0 saturated heterocycles. The van der Waals surface area contributed by atoms with Gasteiger partial charge in [-0.1, -0.05) is 44.2 Å². The van der Waals surface area contributed by atoms with Crippen LogP contribution >= 0.6 is 0 Å². The van der Waals surface area contributed by atoms with Crippen molar-refractivity contribution in [1.82, 2.24) is 14.9 Å². The van der Waals surface area contributed by atoms with Crippen LogP contribution in [0, 0.1) is 0 Å². The number of nitrogens with one attached hydrogen (secondary N) is 1. The molecule has 1 aromatic rings. The minimum absolute atomic E-state index is 0.180. The molecule has 3 heterocycles. The number of aromatic nitrogens is 2. The van der Waals surface area contributed by atoms with E-state index in [2.05, 4.69) is 54.2 Å². The predicted molar refractivity (Wildman–Crippen MR) is 110 cm³/mol. The molecule has 0 aromatic heterocycles. The summed E-state index contributed by atoms with van der Waals surface area (Å²) in [5, 5.41) is 3.27. The van der Waals surface area contributed by atoms with Crippen LogP contribution in [0.2, 0.25) is 0 Å². The van der Waals surface area contributed by atoms with Gasteiger partial charge in [0, 0.05) is 42.7 Å². The average Bonchev–Trinajstić information content (AvgIpc) is 2.99. The molecule has 3 aliphatic heterocycles. The van der Waals surface area contributed by atoms with Crippen LogP contribution in [0.4, 0.5) is 0 Å². The molecule has 144 valence electrons. The zero-order chi connectivity index (χ0) is 19.7. The zero-order valence-corrected chi connectivity index (χ0v) is 16.5. The van der Waals surface area contributed by atoms with E-state index in [0.29, 0.717) is 12.2 Å². The first-order chi connectivity index (χ1) is 13.5. The predicted octanol–water partition coefficient (Wildman–Crippen LogP) is 3.82. The fourth-order valence-corrected chi connectivity index (χ4v) is 3.83. The highest BCUT2D eigenvalue weighted by Gasteiger charge is 2.36. The Labute approximate surface area is 165 Å². The third kappa shape index (κ3) is 3.28. The van der Waals surface area contributed by atoms with E-state index in [4.69, 9.17) is 9.72 Å². The Hall–Kier alpha value is -3.08. The highest BCUT2D eigenvalue weighted by molar-refractivity contribution is 6.17. The van der Waals surface area contributed by atoms with Crippen molar-refractivity contribution in [2.45, 2.75) is 32.7 Å². The molecule has 0 fully saturated rings. The van der Waals surface area contributed by atoms with Gasteiger partial charge in [0.25, 0.3) is 0 Å². The Morgan fingerprint density at radius 3 is 2.79 bits per heavy atom. The largest absolute Gasteiger partial charge is 0.462 e. The number of hydrogen-bond donors (Lipinski definition) is 1. The molecule has 0 saturated carbocycles. The molecule has 5 nitrogen and oxygen atoms in total. The maximum absolute atomic E-state index is 12.5. The molecule has 0 atom stereocenters. The van der Waals surface area contributed by atoms with E-state index in [-0.39, 0.29) is 11.4 Å². The van der Waals surface area contributed by atoms with E-state index in [9.17, 15) is 4.79 Å². The number of esters is 1. The van der Waals surface area contributed by atoms with Crippen LogP contribution in [-0.2, 0) is 21.5 Å². The first kappa shape index (κ1) is 18.3. The van der Waals surface area contributed by atoms with Gasteiger partial charge >= 0.3 is 5.97 Å².